The van der Waals surface area contributed by atoms with Crippen molar-refractivity contribution in [2.75, 3.05) is 5.43 Å². The van der Waals surface area contributed by atoms with Crippen LogP contribution in [0.1, 0.15) is 11.1 Å². The number of benzene rings is 5. The van der Waals surface area contributed by atoms with Crippen LogP contribution in [0.5, 0.6) is 0 Å². The molecule has 2 N–H and O–H groups in total. The topological polar surface area (TPSA) is 66.1 Å². The Labute approximate surface area is 229 Å². The normalized spacial score (nSPS) is 11.8. The fraction of sp³-hybridized carbons (Fsp3) is 0. The van der Waals surface area contributed by atoms with Crippen LogP contribution in [0.15, 0.2) is 132 Å². The van der Waals surface area contributed by atoms with Gasteiger partial charge in [-0.1, -0.05) is 109 Å². The van der Waals surface area contributed by atoms with E-state index in [0.717, 1.165) is 53.7 Å². The van der Waals surface area contributed by atoms with E-state index in [-0.39, 0.29) is 5.84 Å². The van der Waals surface area contributed by atoms with Gasteiger partial charge in [-0.05, 0) is 18.2 Å². The Morgan fingerprint density at radius 1 is 0.692 bits per heavy atom. The van der Waals surface area contributed by atoms with Crippen LogP contribution in [-0.4, -0.2) is 21.3 Å². The molecule has 2 aromatic heterocycles. The lowest BCUT2D eigenvalue weighted by molar-refractivity contribution is 1.08. The van der Waals surface area contributed by atoms with Gasteiger partial charge in [0.1, 0.15) is 5.01 Å². The number of nitrogens with zero attached hydrogens (tertiary/aromatic N) is 3. The van der Waals surface area contributed by atoms with Gasteiger partial charge in [-0.3, -0.25) is 15.5 Å². The second-order valence-corrected chi connectivity index (χ2v) is 10.2. The summed E-state index contributed by atoms with van der Waals surface area (Å²) >= 11 is 1.69. The third-order valence-electron chi connectivity index (χ3n) is 6.75. The minimum Gasteiger partial charge on any atom is -0.282 e. The maximum atomic E-state index is 8.75. The summed E-state index contributed by atoms with van der Waals surface area (Å²) in [5, 5.41) is 12.0. The van der Waals surface area contributed by atoms with Crippen LogP contribution in [0.4, 0.5) is 0 Å². The van der Waals surface area contributed by atoms with Gasteiger partial charge in [0.25, 0.3) is 0 Å². The SMILES string of the molecule is N=C(N=C(Nn1c2ccccc2c2ccc3nc(-c4ccccc4)sc3c21)c1ccccc1)c1ccccc1. The van der Waals surface area contributed by atoms with Crippen molar-refractivity contribution >= 4 is 55.0 Å². The fourth-order valence-corrected chi connectivity index (χ4v) is 5.99. The molecule has 5 nitrogen and oxygen atoms in total. The Morgan fingerprint density at radius 3 is 2.08 bits per heavy atom. The Hall–Kier alpha value is -5.07. The zero-order valence-corrected chi connectivity index (χ0v) is 21.7. The highest BCUT2D eigenvalue weighted by Gasteiger charge is 2.18. The second-order valence-electron chi connectivity index (χ2n) is 9.20. The molecule has 186 valence electrons. The average Bonchev–Trinajstić information content (AvgIpc) is 3.58. The van der Waals surface area contributed by atoms with Gasteiger partial charge >= 0.3 is 0 Å². The minimum absolute atomic E-state index is 0.192. The van der Waals surface area contributed by atoms with Gasteiger partial charge in [0, 0.05) is 27.5 Å². The highest BCUT2D eigenvalue weighted by atomic mass is 32.1. The average molecular weight is 522 g/mol. The van der Waals surface area contributed by atoms with Crippen molar-refractivity contribution in [3.05, 3.63) is 139 Å². The summed E-state index contributed by atoms with van der Waals surface area (Å²) in [5.41, 5.74) is 9.39. The zero-order valence-electron chi connectivity index (χ0n) is 20.9. The fourth-order valence-electron chi connectivity index (χ4n) is 4.88. The van der Waals surface area contributed by atoms with Crippen molar-refractivity contribution < 1.29 is 0 Å². The van der Waals surface area contributed by atoms with Crippen LogP contribution < -0.4 is 5.43 Å². The molecule has 0 spiro atoms. The van der Waals surface area contributed by atoms with E-state index in [4.69, 9.17) is 15.4 Å². The number of aromatic nitrogens is 2. The highest BCUT2D eigenvalue weighted by molar-refractivity contribution is 7.22. The first-order valence-electron chi connectivity index (χ1n) is 12.7. The molecule has 0 bridgehead atoms. The number of fused-ring (bicyclic) bond motifs is 5. The van der Waals surface area contributed by atoms with Crippen molar-refractivity contribution in [2.45, 2.75) is 0 Å². The first kappa shape index (κ1) is 23.1. The molecule has 0 aliphatic rings. The molecule has 0 saturated heterocycles. The molecule has 0 radical (unpaired) electrons. The van der Waals surface area contributed by atoms with Crippen LogP contribution in [0.2, 0.25) is 0 Å². The summed E-state index contributed by atoms with van der Waals surface area (Å²) in [5.74, 6) is 0.786. The summed E-state index contributed by atoms with van der Waals surface area (Å²) in [6, 6.07) is 42.5. The van der Waals surface area contributed by atoms with Crippen molar-refractivity contribution in [1.82, 2.24) is 9.66 Å². The number of hydrogen-bond donors (Lipinski definition) is 2. The van der Waals surface area contributed by atoms with E-state index in [1.165, 1.54) is 0 Å². The van der Waals surface area contributed by atoms with Crippen molar-refractivity contribution in [2.24, 2.45) is 4.99 Å². The predicted molar refractivity (Wildman–Crippen MR) is 164 cm³/mol. The number of amidine groups is 2. The van der Waals surface area contributed by atoms with Gasteiger partial charge in [-0.15, -0.1) is 11.3 Å². The van der Waals surface area contributed by atoms with Gasteiger partial charge in [-0.2, -0.15) is 0 Å². The van der Waals surface area contributed by atoms with E-state index < -0.39 is 0 Å². The molecule has 0 atom stereocenters. The lowest BCUT2D eigenvalue weighted by Crippen LogP contribution is -2.25. The molecule has 0 fully saturated rings. The highest BCUT2D eigenvalue weighted by Crippen LogP contribution is 2.38. The van der Waals surface area contributed by atoms with Crippen LogP contribution >= 0.6 is 11.3 Å². The number of para-hydroxylation sites is 1. The van der Waals surface area contributed by atoms with Gasteiger partial charge in [0.15, 0.2) is 11.7 Å². The van der Waals surface area contributed by atoms with E-state index in [9.17, 15) is 0 Å². The lowest BCUT2D eigenvalue weighted by atomic mass is 10.1. The smallest absolute Gasteiger partial charge is 0.154 e. The molecule has 0 aliphatic carbocycles. The van der Waals surface area contributed by atoms with Gasteiger partial charge in [0.05, 0.1) is 21.3 Å². The lowest BCUT2D eigenvalue weighted by Gasteiger charge is -2.15. The molecular weight excluding hydrogens is 498 g/mol. The minimum atomic E-state index is 0.192. The maximum absolute atomic E-state index is 8.75. The van der Waals surface area contributed by atoms with E-state index in [2.05, 4.69) is 52.6 Å². The molecule has 0 saturated carbocycles. The molecule has 2 heterocycles. The van der Waals surface area contributed by atoms with E-state index in [0.29, 0.717) is 5.84 Å². The van der Waals surface area contributed by atoms with Crippen LogP contribution in [0.25, 0.3) is 42.6 Å². The standard InChI is InChI=1S/C33H23N5S/c34-31(22-12-4-1-5-13-22)36-32(23-14-6-2-7-15-23)37-38-28-19-11-10-18-25(28)26-20-21-27-30(29(26)38)39-33(35-27)24-16-8-3-9-17-24/h1-21H,(H2,34,36,37). The molecule has 7 aromatic rings. The number of hydrogen-bond acceptors (Lipinski definition) is 3. The summed E-state index contributed by atoms with van der Waals surface area (Å²) in [6.45, 7) is 0. The van der Waals surface area contributed by atoms with Crippen LogP contribution in [0.3, 0.4) is 0 Å². The Kier molecular flexibility index (Phi) is 5.72. The molecule has 39 heavy (non-hydrogen) atoms. The molecule has 6 heteroatoms. The van der Waals surface area contributed by atoms with Crippen LogP contribution in [0, 0.1) is 5.41 Å². The van der Waals surface area contributed by atoms with Crippen molar-refractivity contribution in [1.29, 1.82) is 5.41 Å². The molecule has 0 amide bonds. The summed E-state index contributed by atoms with van der Waals surface area (Å²) in [4.78, 5) is 9.78. The van der Waals surface area contributed by atoms with Gasteiger partial charge in [0.2, 0.25) is 0 Å². The quantitative estimate of drug-likeness (QED) is 0.182. The Morgan fingerprint density at radius 2 is 1.33 bits per heavy atom. The number of thiazole rings is 1. The molecule has 0 unspecified atom stereocenters. The number of nitrogens with one attached hydrogen (secondary N) is 2. The Bertz CT molecular complexity index is 1990. The first-order chi connectivity index (χ1) is 19.3. The number of rotatable bonds is 4. The molecule has 7 rings (SSSR count). The van der Waals surface area contributed by atoms with E-state index in [1.54, 1.807) is 11.3 Å². The molecule has 0 aliphatic heterocycles. The summed E-state index contributed by atoms with van der Waals surface area (Å²) < 4.78 is 3.20. The number of aliphatic imine (C=N–C) groups is 1. The largest absolute Gasteiger partial charge is 0.282 e. The predicted octanol–water partition coefficient (Wildman–Crippen LogP) is 8.09. The maximum Gasteiger partial charge on any atom is 0.154 e. The van der Waals surface area contributed by atoms with E-state index in [1.807, 2.05) is 84.9 Å². The first-order valence-corrected chi connectivity index (χ1v) is 13.5. The molecule has 5 aromatic carbocycles. The zero-order chi connectivity index (χ0) is 26.2. The van der Waals surface area contributed by atoms with Gasteiger partial charge in [-0.25, -0.2) is 9.98 Å². The van der Waals surface area contributed by atoms with Gasteiger partial charge < -0.3 is 0 Å². The summed E-state index contributed by atoms with van der Waals surface area (Å²) in [7, 11) is 0. The summed E-state index contributed by atoms with van der Waals surface area (Å²) in [6.07, 6.45) is 0. The Balaban J connectivity index is 1.46. The molecular formula is C33H23N5S. The van der Waals surface area contributed by atoms with E-state index >= 15 is 0 Å². The second kappa shape index (κ2) is 9.67. The van der Waals surface area contributed by atoms with Crippen molar-refractivity contribution in [3.8, 4) is 10.6 Å². The monoisotopic (exact) mass is 521 g/mol. The van der Waals surface area contributed by atoms with Crippen LogP contribution in [-0.2, 0) is 0 Å². The van der Waals surface area contributed by atoms with Crippen molar-refractivity contribution in [3.63, 3.8) is 0 Å². The third kappa shape index (κ3) is 4.17. The third-order valence-corrected chi connectivity index (χ3v) is 7.87.